The second-order valence-corrected chi connectivity index (χ2v) is 9.64. The minimum atomic E-state index is -1.23. The number of nitrogens with zero attached hydrogens (tertiary/aromatic N) is 3. The van der Waals surface area contributed by atoms with Crippen LogP contribution in [-0.4, -0.2) is 46.8 Å². The quantitative estimate of drug-likeness (QED) is 0.251. The van der Waals surface area contributed by atoms with Gasteiger partial charge in [0.05, 0.1) is 10.4 Å². The van der Waals surface area contributed by atoms with E-state index in [9.17, 15) is 19.8 Å². The van der Waals surface area contributed by atoms with Crippen molar-refractivity contribution in [3.63, 3.8) is 0 Å². The molecule has 7 nitrogen and oxygen atoms in total. The Labute approximate surface area is 191 Å². The second kappa shape index (κ2) is 10.4. The van der Waals surface area contributed by atoms with Crippen LogP contribution in [0.4, 0.5) is 4.79 Å². The number of aliphatic carboxylic acids is 1. The van der Waals surface area contributed by atoms with Gasteiger partial charge in [0, 0.05) is 28.4 Å². The molecule has 0 aliphatic heterocycles. The molecule has 0 aliphatic carbocycles. The molecule has 2 N–H and O–H groups in total. The number of alkyl halides is 1. The van der Waals surface area contributed by atoms with Crippen LogP contribution in [0.5, 0.6) is 0 Å². The Morgan fingerprint density at radius 2 is 2.00 bits per heavy atom. The Kier molecular flexibility index (Phi) is 8.53. The smallest absolute Gasteiger partial charge is 0.408 e. The van der Waals surface area contributed by atoms with E-state index < -0.39 is 22.2 Å². The summed E-state index contributed by atoms with van der Waals surface area (Å²) >= 11 is 4.27. The minimum absolute atomic E-state index is 0.0673. The zero-order chi connectivity index (χ0) is 20.8. The number of rotatable bonds is 9. The van der Waals surface area contributed by atoms with Crippen molar-refractivity contribution >= 4 is 57.2 Å². The van der Waals surface area contributed by atoms with E-state index in [0.717, 1.165) is 19.7 Å². The van der Waals surface area contributed by atoms with Crippen LogP contribution < -0.4 is 0 Å². The molecule has 28 heavy (non-hydrogen) atoms. The monoisotopic (exact) mass is 611 g/mol. The van der Waals surface area contributed by atoms with Crippen molar-refractivity contribution in [3.8, 4) is 0 Å². The molecule has 9 heteroatoms. The number of amides is 1. The zero-order valence-electron chi connectivity index (χ0n) is 15.6. The SMILES string of the molecule is CC(C)CC(C(=O)O)N(C(=O)O)C(I)Cc1cncn1Cc1cccc(I)c1. The van der Waals surface area contributed by atoms with E-state index in [1.54, 1.807) is 12.5 Å². The molecule has 1 aromatic heterocycles. The molecular formula is C19H23I2N3O4. The summed E-state index contributed by atoms with van der Waals surface area (Å²) in [6.07, 6.45) is 2.84. The van der Waals surface area contributed by atoms with Crippen LogP contribution in [0.3, 0.4) is 0 Å². The predicted octanol–water partition coefficient (Wildman–Crippen LogP) is 4.32. The number of carboxylic acid groups (broad SMARTS) is 2. The molecule has 2 aromatic rings. The number of aromatic nitrogens is 2. The fraction of sp³-hybridized carbons (Fsp3) is 0.421. The summed E-state index contributed by atoms with van der Waals surface area (Å²) in [4.78, 5) is 28.8. The average Bonchev–Trinajstić information content (AvgIpc) is 3.00. The molecule has 2 unspecified atom stereocenters. The second-order valence-electron chi connectivity index (χ2n) is 6.95. The van der Waals surface area contributed by atoms with Gasteiger partial charge in [0.1, 0.15) is 6.04 Å². The van der Waals surface area contributed by atoms with Gasteiger partial charge in [-0.25, -0.2) is 14.6 Å². The van der Waals surface area contributed by atoms with Crippen molar-refractivity contribution in [2.75, 3.05) is 0 Å². The van der Waals surface area contributed by atoms with Crippen molar-refractivity contribution < 1.29 is 19.8 Å². The third kappa shape index (κ3) is 6.33. The molecule has 1 aromatic carbocycles. The molecule has 1 heterocycles. The lowest BCUT2D eigenvalue weighted by atomic mass is 10.0. The normalized spacial score (nSPS) is 13.3. The first-order valence-electron chi connectivity index (χ1n) is 8.80. The van der Waals surface area contributed by atoms with E-state index in [1.807, 2.05) is 59.2 Å². The van der Waals surface area contributed by atoms with Gasteiger partial charge in [-0.1, -0.05) is 48.6 Å². The zero-order valence-corrected chi connectivity index (χ0v) is 19.9. The summed E-state index contributed by atoms with van der Waals surface area (Å²) in [7, 11) is 0. The van der Waals surface area contributed by atoms with E-state index in [-0.39, 0.29) is 12.3 Å². The highest BCUT2D eigenvalue weighted by Gasteiger charge is 2.35. The van der Waals surface area contributed by atoms with Crippen molar-refractivity contribution in [1.29, 1.82) is 0 Å². The standard InChI is InChI=1S/C19H23I2N3O4/c1-12(2)6-16(18(25)26)24(19(27)28)17(21)8-15-9-22-11-23(15)10-13-4-3-5-14(20)7-13/h3-5,7,9,11-12,16-17H,6,8,10H2,1-2H3,(H,25,26)(H,27,28). The Hall–Kier alpha value is -1.37. The van der Waals surface area contributed by atoms with E-state index in [1.165, 1.54) is 0 Å². The molecular weight excluding hydrogens is 588 g/mol. The molecule has 2 atom stereocenters. The Balaban J connectivity index is 2.20. The van der Waals surface area contributed by atoms with Gasteiger partial charge >= 0.3 is 12.1 Å². The Morgan fingerprint density at radius 1 is 1.29 bits per heavy atom. The van der Waals surface area contributed by atoms with Crippen LogP contribution in [0, 0.1) is 9.49 Å². The van der Waals surface area contributed by atoms with E-state index in [0.29, 0.717) is 13.0 Å². The summed E-state index contributed by atoms with van der Waals surface area (Å²) < 4.78 is 2.58. The minimum Gasteiger partial charge on any atom is -0.480 e. The number of hydrogen-bond acceptors (Lipinski definition) is 3. The molecule has 0 spiro atoms. The van der Waals surface area contributed by atoms with E-state index >= 15 is 0 Å². The Bertz CT molecular complexity index is 825. The number of hydrogen-bond donors (Lipinski definition) is 2. The van der Waals surface area contributed by atoms with Crippen LogP contribution in [0.15, 0.2) is 36.8 Å². The third-order valence-corrected chi connectivity index (χ3v) is 5.97. The Morgan fingerprint density at radius 3 is 2.57 bits per heavy atom. The van der Waals surface area contributed by atoms with Gasteiger partial charge in [-0.05, 0) is 52.6 Å². The van der Waals surface area contributed by atoms with Gasteiger partial charge in [0.15, 0.2) is 0 Å². The van der Waals surface area contributed by atoms with E-state index in [4.69, 9.17) is 0 Å². The number of carbonyl (C=O) groups is 2. The highest BCUT2D eigenvalue weighted by molar-refractivity contribution is 14.1. The number of halogens is 2. The molecule has 0 bridgehead atoms. The summed E-state index contributed by atoms with van der Waals surface area (Å²) in [5, 5.41) is 19.2. The maximum atomic E-state index is 11.8. The summed E-state index contributed by atoms with van der Waals surface area (Å²) in [6, 6.07) is 7.04. The molecule has 0 radical (unpaired) electrons. The van der Waals surface area contributed by atoms with Crippen molar-refractivity contribution in [1.82, 2.24) is 14.5 Å². The molecule has 0 aliphatic rings. The van der Waals surface area contributed by atoms with Gasteiger partial charge in [0.2, 0.25) is 0 Å². The topological polar surface area (TPSA) is 95.7 Å². The van der Waals surface area contributed by atoms with Crippen LogP contribution in [0.25, 0.3) is 0 Å². The fourth-order valence-corrected chi connectivity index (χ4v) is 4.68. The number of imidazole rings is 1. The summed E-state index contributed by atoms with van der Waals surface area (Å²) in [5.41, 5.74) is 1.98. The van der Waals surface area contributed by atoms with Crippen LogP contribution in [0.2, 0.25) is 0 Å². The van der Waals surface area contributed by atoms with Crippen molar-refractivity contribution in [2.45, 2.75) is 43.3 Å². The van der Waals surface area contributed by atoms with Crippen LogP contribution in [-0.2, 0) is 17.8 Å². The van der Waals surface area contributed by atoms with Gasteiger partial charge in [-0.3, -0.25) is 4.90 Å². The van der Waals surface area contributed by atoms with Gasteiger partial charge in [-0.15, -0.1) is 0 Å². The van der Waals surface area contributed by atoms with E-state index in [2.05, 4.69) is 33.6 Å². The largest absolute Gasteiger partial charge is 0.480 e. The lowest BCUT2D eigenvalue weighted by molar-refractivity contribution is -0.143. The molecule has 152 valence electrons. The summed E-state index contributed by atoms with van der Waals surface area (Å²) in [5.74, 6) is -1.05. The van der Waals surface area contributed by atoms with Crippen LogP contribution in [0.1, 0.15) is 31.5 Å². The van der Waals surface area contributed by atoms with Gasteiger partial charge in [-0.2, -0.15) is 0 Å². The molecule has 2 rings (SSSR count). The summed E-state index contributed by atoms with van der Waals surface area (Å²) in [6.45, 7) is 4.39. The third-order valence-electron chi connectivity index (χ3n) is 4.26. The average molecular weight is 611 g/mol. The highest BCUT2D eigenvalue weighted by atomic mass is 127. The highest BCUT2D eigenvalue weighted by Crippen LogP contribution is 2.23. The first kappa shape index (κ1) is 22.9. The lowest BCUT2D eigenvalue weighted by Gasteiger charge is -2.31. The van der Waals surface area contributed by atoms with Gasteiger partial charge in [0.25, 0.3) is 0 Å². The number of carboxylic acids is 1. The molecule has 0 saturated heterocycles. The molecule has 1 amide bonds. The fourth-order valence-electron chi connectivity index (χ4n) is 2.99. The van der Waals surface area contributed by atoms with Crippen molar-refractivity contribution in [2.24, 2.45) is 5.92 Å². The first-order chi connectivity index (χ1) is 13.2. The maximum Gasteiger partial charge on any atom is 0.408 e. The van der Waals surface area contributed by atoms with Crippen LogP contribution >= 0.6 is 45.2 Å². The van der Waals surface area contributed by atoms with Crippen molar-refractivity contribution in [3.05, 3.63) is 51.6 Å². The maximum absolute atomic E-state index is 11.8. The predicted molar refractivity (Wildman–Crippen MR) is 123 cm³/mol. The number of benzene rings is 1. The van der Waals surface area contributed by atoms with Gasteiger partial charge < -0.3 is 14.8 Å². The first-order valence-corrected chi connectivity index (χ1v) is 11.1. The lowest BCUT2D eigenvalue weighted by Crippen LogP contribution is -2.49. The molecule has 0 saturated carbocycles. The molecule has 0 fully saturated rings.